The lowest BCUT2D eigenvalue weighted by atomic mass is 9.90. The Morgan fingerprint density at radius 2 is 2.03 bits per heavy atom. The van der Waals surface area contributed by atoms with Crippen LogP contribution in [0, 0.1) is 24.1 Å². The Kier molecular flexibility index (Phi) is 4.99. The first-order valence-electron chi connectivity index (χ1n) is 10.6. The number of likely N-dealkylation sites (N-methyl/N-ethyl adjacent to an activating group) is 1. The van der Waals surface area contributed by atoms with Gasteiger partial charge in [-0.2, -0.15) is 5.26 Å². The molecule has 0 radical (unpaired) electrons. The van der Waals surface area contributed by atoms with Crippen LogP contribution in [0.3, 0.4) is 0 Å². The Morgan fingerprint density at radius 3 is 2.81 bits per heavy atom. The van der Waals surface area contributed by atoms with Gasteiger partial charge in [0.2, 0.25) is 5.91 Å². The first-order valence-corrected chi connectivity index (χ1v) is 10.6. The number of aryl methyl sites for hydroxylation is 1. The number of nitrogens with zero attached hydrogens (tertiary/aromatic N) is 3. The summed E-state index contributed by atoms with van der Waals surface area (Å²) in [6.07, 6.45) is 1.29. The maximum Gasteiger partial charge on any atom is 0.243 e. The summed E-state index contributed by atoms with van der Waals surface area (Å²) < 4.78 is 14.8. The SMILES string of the molecule is Cc1cc(C#N)cc(F)c1N1NC2C(CC1=O)NNC2c1ccc2c(c1)CN(C)CC2. The molecule has 2 saturated heterocycles. The molecular weight excluding hydrogens is 395 g/mol. The molecule has 3 aliphatic heterocycles. The van der Waals surface area contributed by atoms with Crippen molar-refractivity contribution in [2.45, 2.75) is 44.4 Å². The molecule has 7 nitrogen and oxygen atoms in total. The summed E-state index contributed by atoms with van der Waals surface area (Å²) in [6, 6.07) is 11.0. The fraction of sp³-hybridized carbons (Fsp3) is 0.391. The van der Waals surface area contributed by atoms with Gasteiger partial charge in [0.25, 0.3) is 0 Å². The summed E-state index contributed by atoms with van der Waals surface area (Å²) in [5.41, 5.74) is 14.6. The van der Waals surface area contributed by atoms with Gasteiger partial charge < -0.3 is 4.90 Å². The van der Waals surface area contributed by atoms with Crippen molar-refractivity contribution in [2.24, 2.45) is 0 Å². The fourth-order valence-corrected chi connectivity index (χ4v) is 4.93. The standard InChI is InChI=1S/C23H25FN6O/c1-13-7-14(11-25)8-18(24)23(13)30-20(31)10-19-22(28-30)21(27-26-19)16-4-3-15-5-6-29(2)12-17(15)9-16/h3-4,7-9,19,21-22,26-28H,5-6,10,12H2,1-2H3. The number of fused-ring (bicyclic) bond motifs is 2. The maximum atomic E-state index is 14.8. The topological polar surface area (TPSA) is 83.4 Å². The summed E-state index contributed by atoms with van der Waals surface area (Å²) in [5, 5.41) is 10.4. The smallest absolute Gasteiger partial charge is 0.243 e. The summed E-state index contributed by atoms with van der Waals surface area (Å²) >= 11 is 0. The van der Waals surface area contributed by atoms with E-state index in [1.807, 2.05) is 6.07 Å². The van der Waals surface area contributed by atoms with Crippen molar-refractivity contribution in [3.63, 3.8) is 0 Å². The highest BCUT2D eigenvalue weighted by molar-refractivity contribution is 5.95. The van der Waals surface area contributed by atoms with Crippen LogP contribution in [0.25, 0.3) is 0 Å². The summed E-state index contributed by atoms with van der Waals surface area (Å²) in [4.78, 5) is 15.1. The normalized spacial score (nSPS) is 25.8. The summed E-state index contributed by atoms with van der Waals surface area (Å²) in [6.45, 7) is 3.70. The van der Waals surface area contributed by atoms with Crippen LogP contribution in [0.4, 0.5) is 10.1 Å². The van der Waals surface area contributed by atoms with Gasteiger partial charge >= 0.3 is 0 Å². The quantitative estimate of drug-likeness (QED) is 0.688. The molecule has 2 fully saturated rings. The van der Waals surface area contributed by atoms with Gasteiger partial charge in [-0.3, -0.25) is 10.2 Å². The monoisotopic (exact) mass is 420 g/mol. The van der Waals surface area contributed by atoms with Gasteiger partial charge in [0.15, 0.2) is 0 Å². The highest BCUT2D eigenvalue weighted by Gasteiger charge is 2.44. The Balaban J connectivity index is 1.45. The lowest BCUT2D eigenvalue weighted by Crippen LogP contribution is -2.60. The Morgan fingerprint density at radius 1 is 1.19 bits per heavy atom. The molecule has 160 valence electrons. The van der Waals surface area contributed by atoms with Crippen LogP contribution >= 0.6 is 0 Å². The molecular formula is C23H25FN6O. The molecule has 3 atom stereocenters. The number of rotatable bonds is 2. The van der Waals surface area contributed by atoms with Gasteiger partial charge in [-0.15, -0.1) is 0 Å². The number of hydrogen-bond acceptors (Lipinski definition) is 6. The highest BCUT2D eigenvalue weighted by Crippen LogP contribution is 2.33. The number of hydrogen-bond donors (Lipinski definition) is 3. The van der Waals surface area contributed by atoms with Crippen LogP contribution in [0.5, 0.6) is 0 Å². The van der Waals surface area contributed by atoms with E-state index in [4.69, 9.17) is 5.26 Å². The zero-order chi connectivity index (χ0) is 21.7. The van der Waals surface area contributed by atoms with Gasteiger partial charge in [0, 0.05) is 25.6 Å². The van der Waals surface area contributed by atoms with E-state index in [2.05, 4.69) is 46.4 Å². The number of carbonyl (C=O) groups excluding carboxylic acids is 1. The average Bonchev–Trinajstić information content (AvgIpc) is 3.15. The number of nitrogens with one attached hydrogen (secondary N) is 3. The minimum atomic E-state index is -0.580. The average molecular weight is 420 g/mol. The number of benzene rings is 2. The lowest BCUT2D eigenvalue weighted by Gasteiger charge is -2.37. The van der Waals surface area contributed by atoms with Crippen LogP contribution in [0.1, 0.15) is 40.3 Å². The second-order valence-corrected chi connectivity index (χ2v) is 8.71. The predicted molar refractivity (Wildman–Crippen MR) is 114 cm³/mol. The Hall–Kier alpha value is -2.83. The summed E-state index contributed by atoms with van der Waals surface area (Å²) in [5.74, 6) is -0.793. The molecule has 2 aromatic rings. The first-order chi connectivity index (χ1) is 14.9. The van der Waals surface area contributed by atoms with Crippen LogP contribution < -0.4 is 21.3 Å². The third kappa shape index (κ3) is 3.50. The minimum absolute atomic E-state index is 0.0696. The highest BCUT2D eigenvalue weighted by atomic mass is 19.1. The number of hydrazine groups is 2. The van der Waals surface area contributed by atoms with Crippen molar-refractivity contribution in [1.29, 1.82) is 5.26 Å². The zero-order valence-corrected chi connectivity index (χ0v) is 17.6. The van der Waals surface area contributed by atoms with Crippen molar-refractivity contribution in [3.05, 3.63) is 64.0 Å². The molecule has 0 aliphatic carbocycles. The van der Waals surface area contributed by atoms with Crippen LogP contribution in [0.15, 0.2) is 30.3 Å². The van der Waals surface area contributed by atoms with E-state index < -0.39 is 5.82 Å². The van der Waals surface area contributed by atoms with Crippen molar-refractivity contribution in [3.8, 4) is 6.07 Å². The Bertz CT molecular complexity index is 1070. The second-order valence-electron chi connectivity index (χ2n) is 8.71. The third-order valence-electron chi connectivity index (χ3n) is 6.54. The maximum absolute atomic E-state index is 14.8. The number of amides is 1. The van der Waals surface area contributed by atoms with Gasteiger partial charge in [0.05, 0.1) is 29.4 Å². The van der Waals surface area contributed by atoms with Crippen LogP contribution in [-0.2, 0) is 17.8 Å². The van der Waals surface area contributed by atoms with Crippen molar-refractivity contribution in [2.75, 3.05) is 18.6 Å². The molecule has 0 spiro atoms. The van der Waals surface area contributed by atoms with Gasteiger partial charge in [-0.25, -0.2) is 20.3 Å². The van der Waals surface area contributed by atoms with Crippen LogP contribution in [-0.4, -0.2) is 36.5 Å². The molecule has 0 bridgehead atoms. The van der Waals surface area contributed by atoms with E-state index in [0.717, 1.165) is 25.1 Å². The fourth-order valence-electron chi connectivity index (χ4n) is 4.93. The summed E-state index contributed by atoms with van der Waals surface area (Å²) in [7, 11) is 2.13. The first kappa shape index (κ1) is 20.1. The molecule has 8 heteroatoms. The molecule has 2 aromatic carbocycles. The van der Waals surface area contributed by atoms with E-state index in [1.165, 1.54) is 22.2 Å². The van der Waals surface area contributed by atoms with Crippen molar-refractivity contribution >= 4 is 11.6 Å². The number of nitriles is 1. The van der Waals surface area contributed by atoms with E-state index in [-0.39, 0.29) is 41.7 Å². The minimum Gasteiger partial charge on any atom is -0.302 e. The predicted octanol–water partition coefficient (Wildman–Crippen LogP) is 1.82. The van der Waals surface area contributed by atoms with Crippen molar-refractivity contribution in [1.82, 2.24) is 21.2 Å². The second kappa shape index (κ2) is 7.70. The van der Waals surface area contributed by atoms with Gasteiger partial charge in [-0.1, -0.05) is 18.2 Å². The van der Waals surface area contributed by atoms with E-state index in [0.29, 0.717) is 5.56 Å². The molecule has 3 aliphatic rings. The van der Waals surface area contributed by atoms with E-state index in [9.17, 15) is 9.18 Å². The molecule has 0 aromatic heterocycles. The van der Waals surface area contributed by atoms with Crippen LogP contribution in [0.2, 0.25) is 0 Å². The largest absolute Gasteiger partial charge is 0.302 e. The number of anilines is 1. The van der Waals surface area contributed by atoms with E-state index in [1.54, 1.807) is 13.0 Å². The molecule has 5 rings (SSSR count). The number of halogens is 1. The van der Waals surface area contributed by atoms with E-state index >= 15 is 0 Å². The molecule has 3 unspecified atom stereocenters. The van der Waals surface area contributed by atoms with Crippen molar-refractivity contribution < 1.29 is 9.18 Å². The molecule has 31 heavy (non-hydrogen) atoms. The Labute approximate surface area is 180 Å². The van der Waals surface area contributed by atoms with Gasteiger partial charge in [-0.05, 0) is 54.8 Å². The lowest BCUT2D eigenvalue weighted by molar-refractivity contribution is -0.121. The zero-order valence-electron chi connectivity index (χ0n) is 17.6. The molecule has 3 N–H and O–H groups in total. The molecule has 3 heterocycles. The molecule has 0 saturated carbocycles. The third-order valence-corrected chi connectivity index (χ3v) is 6.54. The number of carbonyl (C=O) groups is 1. The van der Waals surface area contributed by atoms with Gasteiger partial charge in [0.1, 0.15) is 5.82 Å². The molecule has 1 amide bonds.